The number of amides is 1. The molecule has 3 aromatic carbocycles. The van der Waals surface area contributed by atoms with Crippen LogP contribution in [0.4, 0.5) is 5.69 Å². The van der Waals surface area contributed by atoms with Crippen LogP contribution < -0.4 is 4.90 Å². The van der Waals surface area contributed by atoms with Gasteiger partial charge in [0.05, 0.1) is 9.79 Å². The summed E-state index contributed by atoms with van der Waals surface area (Å²) in [6.07, 6.45) is 0. The van der Waals surface area contributed by atoms with Crippen molar-refractivity contribution in [1.29, 1.82) is 0 Å². The van der Waals surface area contributed by atoms with Gasteiger partial charge in [-0.25, -0.2) is 16.8 Å². The van der Waals surface area contributed by atoms with E-state index in [1.54, 1.807) is 47.4 Å². The van der Waals surface area contributed by atoms with Crippen LogP contribution in [0.1, 0.15) is 0 Å². The van der Waals surface area contributed by atoms with Gasteiger partial charge in [0.2, 0.25) is 26.0 Å². The summed E-state index contributed by atoms with van der Waals surface area (Å²) in [7, 11) is -7.97. The molecule has 9 nitrogen and oxygen atoms in total. The standard InChI is InChI=1S/C27H29ClN4O5S2/c28-22-8-7-9-23(20-22)29-14-16-30(17-15-29)27(33)26-21-31(38(34,35)24-10-3-1-4-11-24)18-19-32(26)39(36,37)25-12-5-2-6-13-25/h1-13,20,26H,14-19,21H2/t26-/m1/s1. The smallest absolute Gasteiger partial charge is 0.243 e. The molecule has 1 atom stereocenters. The number of nitrogens with zero attached hydrogens (tertiary/aromatic N) is 4. The third-order valence-electron chi connectivity index (χ3n) is 7.07. The maximum absolute atomic E-state index is 13.9. The first kappa shape index (κ1) is 27.6. The van der Waals surface area contributed by atoms with Crippen LogP contribution in [0.3, 0.4) is 0 Å². The molecule has 0 radical (unpaired) electrons. The predicted molar refractivity (Wildman–Crippen MR) is 150 cm³/mol. The largest absolute Gasteiger partial charge is 0.368 e. The lowest BCUT2D eigenvalue weighted by atomic mass is 10.1. The number of hydrogen-bond acceptors (Lipinski definition) is 6. The van der Waals surface area contributed by atoms with Crippen molar-refractivity contribution < 1.29 is 21.6 Å². The zero-order valence-electron chi connectivity index (χ0n) is 21.1. The van der Waals surface area contributed by atoms with Crippen LogP contribution in [0.25, 0.3) is 0 Å². The van der Waals surface area contributed by atoms with Crippen molar-refractivity contribution in [3.63, 3.8) is 0 Å². The van der Waals surface area contributed by atoms with Gasteiger partial charge in [-0.05, 0) is 42.5 Å². The molecule has 12 heteroatoms. The summed E-state index contributed by atoms with van der Waals surface area (Å²) in [5.74, 6) is -0.409. The zero-order chi connectivity index (χ0) is 27.6. The number of sulfonamides is 2. The molecule has 2 fully saturated rings. The molecule has 2 aliphatic heterocycles. The Morgan fingerprint density at radius 1 is 0.692 bits per heavy atom. The van der Waals surface area contributed by atoms with E-state index in [-0.39, 0.29) is 29.4 Å². The Morgan fingerprint density at radius 2 is 1.28 bits per heavy atom. The Morgan fingerprint density at radius 3 is 1.87 bits per heavy atom. The molecular weight excluding hydrogens is 560 g/mol. The molecule has 0 saturated carbocycles. The van der Waals surface area contributed by atoms with Crippen LogP contribution >= 0.6 is 11.6 Å². The van der Waals surface area contributed by atoms with Crippen molar-refractivity contribution >= 4 is 43.2 Å². The van der Waals surface area contributed by atoms with E-state index in [0.717, 1.165) is 9.99 Å². The number of benzene rings is 3. The van der Waals surface area contributed by atoms with Gasteiger partial charge in [0.1, 0.15) is 6.04 Å². The third-order valence-corrected chi connectivity index (χ3v) is 11.1. The van der Waals surface area contributed by atoms with E-state index >= 15 is 0 Å². The van der Waals surface area contributed by atoms with Crippen LogP contribution in [-0.4, -0.2) is 88.1 Å². The highest BCUT2D eigenvalue weighted by atomic mass is 35.5. The lowest BCUT2D eigenvalue weighted by Gasteiger charge is -2.43. The number of carbonyl (C=O) groups is 1. The van der Waals surface area contributed by atoms with Crippen molar-refractivity contribution in [2.24, 2.45) is 0 Å². The molecule has 1 amide bonds. The van der Waals surface area contributed by atoms with E-state index in [1.807, 2.05) is 18.2 Å². The van der Waals surface area contributed by atoms with Crippen molar-refractivity contribution in [3.8, 4) is 0 Å². The Kier molecular flexibility index (Phi) is 7.97. The first-order valence-electron chi connectivity index (χ1n) is 12.6. The Labute approximate surface area is 234 Å². The predicted octanol–water partition coefficient (Wildman–Crippen LogP) is 2.75. The van der Waals surface area contributed by atoms with Gasteiger partial charge in [-0.1, -0.05) is 54.1 Å². The molecule has 0 aromatic heterocycles. The molecule has 2 saturated heterocycles. The maximum Gasteiger partial charge on any atom is 0.243 e. The molecule has 39 heavy (non-hydrogen) atoms. The van der Waals surface area contributed by atoms with Crippen LogP contribution in [0.2, 0.25) is 5.02 Å². The van der Waals surface area contributed by atoms with E-state index in [0.29, 0.717) is 31.2 Å². The van der Waals surface area contributed by atoms with Gasteiger partial charge in [0.15, 0.2) is 0 Å². The number of carbonyl (C=O) groups excluding carboxylic acids is 1. The molecule has 0 N–H and O–H groups in total. The van der Waals surface area contributed by atoms with Crippen LogP contribution in [0.5, 0.6) is 0 Å². The van der Waals surface area contributed by atoms with Crippen LogP contribution in [-0.2, 0) is 24.8 Å². The summed E-state index contributed by atoms with van der Waals surface area (Å²) in [6, 6.07) is 22.2. The Bertz CT molecular complexity index is 1530. The number of rotatable bonds is 6. The molecular formula is C27H29ClN4O5S2. The highest BCUT2D eigenvalue weighted by molar-refractivity contribution is 7.89. The molecule has 0 unspecified atom stereocenters. The van der Waals surface area contributed by atoms with E-state index in [9.17, 15) is 21.6 Å². The molecule has 3 aromatic rings. The third kappa shape index (κ3) is 5.68. The van der Waals surface area contributed by atoms with Gasteiger partial charge in [-0.3, -0.25) is 4.79 Å². The summed E-state index contributed by atoms with van der Waals surface area (Å²) in [6.45, 7) is 1.35. The molecule has 0 spiro atoms. The van der Waals surface area contributed by atoms with Gasteiger partial charge in [0, 0.05) is 56.5 Å². The number of piperazine rings is 2. The van der Waals surface area contributed by atoms with Crippen molar-refractivity contribution in [3.05, 3.63) is 90.0 Å². The van der Waals surface area contributed by atoms with Crippen LogP contribution in [0, 0.1) is 0 Å². The molecule has 0 bridgehead atoms. The van der Waals surface area contributed by atoms with Gasteiger partial charge in [-0.2, -0.15) is 8.61 Å². The second-order valence-corrected chi connectivity index (χ2v) is 13.7. The average molecular weight is 589 g/mol. The monoisotopic (exact) mass is 588 g/mol. The minimum Gasteiger partial charge on any atom is -0.368 e. The van der Waals surface area contributed by atoms with E-state index in [1.165, 1.54) is 28.6 Å². The first-order valence-corrected chi connectivity index (χ1v) is 15.8. The minimum atomic E-state index is -4.05. The van der Waals surface area contributed by atoms with Crippen molar-refractivity contribution in [1.82, 2.24) is 13.5 Å². The quantitative estimate of drug-likeness (QED) is 0.439. The second-order valence-electron chi connectivity index (χ2n) is 9.41. The number of anilines is 1. The lowest BCUT2D eigenvalue weighted by Crippen LogP contribution is -2.63. The fourth-order valence-electron chi connectivity index (χ4n) is 4.99. The number of halogens is 1. The van der Waals surface area contributed by atoms with Gasteiger partial charge >= 0.3 is 0 Å². The summed E-state index contributed by atoms with van der Waals surface area (Å²) >= 11 is 6.14. The minimum absolute atomic E-state index is 0.0599. The molecule has 0 aliphatic carbocycles. The fraction of sp³-hybridized carbons (Fsp3) is 0.296. The van der Waals surface area contributed by atoms with Crippen molar-refractivity contribution in [2.75, 3.05) is 50.7 Å². The summed E-state index contributed by atoms with van der Waals surface area (Å²) in [5.41, 5.74) is 0.945. The maximum atomic E-state index is 13.9. The Balaban J connectivity index is 1.41. The molecule has 2 aliphatic rings. The van der Waals surface area contributed by atoms with Gasteiger partial charge in [0.25, 0.3) is 0 Å². The zero-order valence-corrected chi connectivity index (χ0v) is 23.5. The summed E-state index contributed by atoms with van der Waals surface area (Å²) < 4.78 is 56.5. The SMILES string of the molecule is O=C([C@H]1CN(S(=O)(=O)c2ccccc2)CCN1S(=O)(=O)c1ccccc1)N1CCN(c2cccc(Cl)c2)CC1. The topological polar surface area (TPSA) is 98.3 Å². The highest BCUT2D eigenvalue weighted by Crippen LogP contribution is 2.27. The van der Waals surface area contributed by atoms with Crippen LogP contribution in [0.15, 0.2) is 94.7 Å². The first-order chi connectivity index (χ1) is 18.7. The fourth-order valence-corrected chi connectivity index (χ4v) is 8.22. The molecule has 5 rings (SSSR count). The summed E-state index contributed by atoms with van der Waals surface area (Å²) in [5, 5.41) is 0.620. The summed E-state index contributed by atoms with van der Waals surface area (Å²) in [4.78, 5) is 17.8. The van der Waals surface area contributed by atoms with E-state index < -0.39 is 32.0 Å². The Hall–Kier alpha value is -2.96. The van der Waals surface area contributed by atoms with E-state index in [2.05, 4.69) is 4.90 Å². The highest BCUT2D eigenvalue weighted by Gasteiger charge is 2.45. The average Bonchev–Trinajstić information content (AvgIpc) is 2.97. The normalized spacial score (nSPS) is 19.7. The second kappa shape index (κ2) is 11.3. The number of hydrogen-bond donors (Lipinski definition) is 0. The van der Waals surface area contributed by atoms with Gasteiger partial charge < -0.3 is 9.80 Å². The van der Waals surface area contributed by atoms with Gasteiger partial charge in [-0.15, -0.1) is 0 Å². The van der Waals surface area contributed by atoms with E-state index in [4.69, 9.17) is 11.6 Å². The molecule has 206 valence electrons. The van der Waals surface area contributed by atoms with Crippen molar-refractivity contribution in [2.45, 2.75) is 15.8 Å². The lowest BCUT2D eigenvalue weighted by molar-refractivity contribution is -0.136. The molecule has 2 heterocycles.